The molecule has 4 rings (SSSR count). The highest BCUT2D eigenvalue weighted by Crippen LogP contribution is 2.58. The van der Waals surface area contributed by atoms with Crippen molar-refractivity contribution >= 4 is 5.91 Å². The van der Waals surface area contributed by atoms with Crippen LogP contribution < -0.4 is 10.6 Å². The maximum absolute atomic E-state index is 13.4. The van der Waals surface area contributed by atoms with Crippen LogP contribution in [-0.2, 0) is 10.2 Å². The lowest BCUT2D eigenvalue weighted by atomic mass is 9.50. The molecule has 2 saturated carbocycles. The average Bonchev–Trinajstić information content (AvgIpc) is 2.61. The largest absolute Gasteiger partial charge is 0.508 e. The van der Waals surface area contributed by atoms with Gasteiger partial charge in [0.2, 0.25) is 5.91 Å². The summed E-state index contributed by atoms with van der Waals surface area (Å²) in [6.07, 6.45) is 7.55. The van der Waals surface area contributed by atoms with Gasteiger partial charge in [-0.3, -0.25) is 4.79 Å². The first-order valence-electron chi connectivity index (χ1n) is 10.7. The number of carbonyl (C=O) groups excluding carboxylic acids is 1. The van der Waals surface area contributed by atoms with Gasteiger partial charge in [-0.25, -0.2) is 0 Å². The molecular formula is C23H34N2O2. The Morgan fingerprint density at radius 2 is 1.85 bits per heavy atom. The van der Waals surface area contributed by atoms with Gasteiger partial charge < -0.3 is 15.7 Å². The highest BCUT2D eigenvalue weighted by Gasteiger charge is 2.53. The molecule has 1 aromatic rings. The molecule has 4 atom stereocenters. The van der Waals surface area contributed by atoms with Gasteiger partial charge in [0.05, 0.1) is 0 Å². The zero-order valence-corrected chi connectivity index (χ0v) is 16.8. The molecule has 1 amide bonds. The summed E-state index contributed by atoms with van der Waals surface area (Å²) in [5, 5.41) is 16.5. The SMILES string of the molecule is CC1CC2CC(C)(C(=O)NC3CCNCC3)CC(c3ccc(O)cc3)(C1)C2. The van der Waals surface area contributed by atoms with Crippen molar-refractivity contribution in [3.05, 3.63) is 29.8 Å². The maximum Gasteiger partial charge on any atom is 0.226 e. The van der Waals surface area contributed by atoms with Crippen LogP contribution in [0.2, 0.25) is 0 Å². The Labute approximate surface area is 163 Å². The number of rotatable bonds is 3. The third-order valence-corrected chi connectivity index (χ3v) is 7.32. The molecule has 0 aromatic heterocycles. The lowest BCUT2D eigenvalue weighted by molar-refractivity contribution is -0.137. The first-order valence-corrected chi connectivity index (χ1v) is 10.7. The van der Waals surface area contributed by atoms with E-state index in [0.29, 0.717) is 23.6 Å². The summed E-state index contributed by atoms with van der Waals surface area (Å²) in [6, 6.07) is 8.10. The first kappa shape index (κ1) is 18.8. The van der Waals surface area contributed by atoms with Gasteiger partial charge in [-0.1, -0.05) is 26.0 Å². The maximum atomic E-state index is 13.4. The number of piperidine rings is 1. The molecule has 4 unspecified atom stereocenters. The summed E-state index contributed by atoms with van der Waals surface area (Å²) in [6.45, 7) is 6.55. The van der Waals surface area contributed by atoms with Crippen molar-refractivity contribution in [3.63, 3.8) is 0 Å². The molecule has 148 valence electrons. The van der Waals surface area contributed by atoms with E-state index < -0.39 is 0 Å². The van der Waals surface area contributed by atoms with Crippen LogP contribution in [0.5, 0.6) is 5.75 Å². The van der Waals surface area contributed by atoms with Crippen LogP contribution in [0.4, 0.5) is 0 Å². The number of hydrogen-bond donors (Lipinski definition) is 3. The molecule has 1 aliphatic heterocycles. The van der Waals surface area contributed by atoms with E-state index in [2.05, 4.69) is 36.6 Å². The Morgan fingerprint density at radius 1 is 1.15 bits per heavy atom. The number of amides is 1. The van der Waals surface area contributed by atoms with E-state index in [1.807, 2.05) is 0 Å². The fraction of sp³-hybridized carbons (Fsp3) is 0.696. The molecule has 2 aliphatic carbocycles. The molecule has 27 heavy (non-hydrogen) atoms. The van der Waals surface area contributed by atoms with E-state index in [0.717, 1.165) is 45.2 Å². The summed E-state index contributed by atoms with van der Waals surface area (Å²) in [7, 11) is 0. The van der Waals surface area contributed by atoms with E-state index in [-0.39, 0.29) is 16.7 Å². The van der Waals surface area contributed by atoms with E-state index >= 15 is 0 Å². The quantitative estimate of drug-likeness (QED) is 0.760. The molecule has 1 aromatic carbocycles. The molecule has 1 saturated heterocycles. The molecule has 0 spiro atoms. The fourth-order valence-corrected chi connectivity index (χ4v) is 6.45. The summed E-state index contributed by atoms with van der Waals surface area (Å²) in [5.41, 5.74) is 1.07. The van der Waals surface area contributed by atoms with Gasteiger partial charge in [0.25, 0.3) is 0 Å². The predicted molar refractivity (Wildman–Crippen MR) is 108 cm³/mol. The van der Waals surface area contributed by atoms with E-state index in [4.69, 9.17) is 0 Å². The minimum Gasteiger partial charge on any atom is -0.508 e. The smallest absolute Gasteiger partial charge is 0.226 e. The predicted octanol–water partition coefficient (Wildman–Crippen LogP) is 3.73. The third kappa shape index (κ3) is 3.73. The standard InChI is InChI=1S/C23H34N2O2/c1-16-11-17-13-22(2,21(27)25-19-7-9-24-10-8-19)15-23(12-16,14-17)18-3-5-20(26)6-4-18/h3-6,16-17,19,24,26H,7-15H2,1-2H3,(H,25,27). The minimum atomic E-state index is -0.300. The van der Waals surface area contributed by atoms with Crippen molar-refractivity contribution in [2.24, 2.45) is 17.3 Å². The highest BCUT2D eigenvalue weighted by atomic mass is 16.3. The van der Waals surface area contributed by atoms with Crippen LogP contribution >= 0.6 is 0 Å². The number of phenols is 1. The zero-order valence-electron chi connectivity index (χ0n) is 16.8. The van der Waals surface area contributed by atoms with E-state index in [9.17, 15) is 9.90 Å². The number of carbonyl (C=O) groups is 1. The molecule has 3 fully saturated rings. The number of benzene rings is 1. The Morgan fingerprint density at radius 3 is 2.56 bits per heavy atom. The molecule has 0 radical (unpaired) electrons. The van der Waals surface area contributed by atoms with Crippen molar-refractivity contribution in [1.29, 1.82) is 0 Å². The van der Waals surface area contributed by atoms with Gasteiger partial charge in [-0.2, -0.15) is 0 Å². The first-order chi connectivity index (χ1) is 12.9. The van der Waals surface area contributed by atoms with Crippen LogP contribution in [0.3, 0.4) is 0 Å². The number of phenolic OH excluding ortho intramolecular Hbond substituents is 1. The molecule has 4 nitrogen and oxygen atoms in total. The molecule has 3 N–H and O–H groups in total. The molecular weight excluding hydrogens is 336 g/mol. The van der Waals surface area contributed by atoms with Crippen molar-refractivity contribution in [3.8, 4) is 5.75 Å². The summed E-state index contributed by atoms with van der Waals surface area (Å²) in [5.74, 6) is 1.88. The van der Waals surface area contributed by atoms with Crippen LogP contribution in [0.1, 0.15) is 64.4 Å². The van der Waals surface area contributed by atoms with E-state index in [1.54, 1.807) is 12.1 Å². The lowest BCUT2D eigenvalue weighted by Gasteiger charge is -2.54. The van der Waals surface area contributed by atoms with Gasteiger partial charge in [-0.05, 0) is 93.0 Å². The Kier molecular flexibility index (Phi) is 4.96. The number of nitrogens with one attached hydrogen (secondary N) is 2. The number of fused-ring (bicyclic) bond motifs is 2. The minimum absolute atomic E-state index is 0.0640. The van der Waals surface area contributed by atoms with Crippen molar-refractivity contribution < 1.29 is 9.90 Å². The van der Waals surface area contributed by atoms with Gasteiger partial charge in [0.15, 0.2) is 0 Å². The average molecular weight is 371 g/mol. The van der Waals surface area contributed by atoms with Crippen LogP contribution in [0.15, 0.2) is 24.3 Å². The summed E-state index contributed by atoms with van der Waals surface area (Å²) < 4.78 is 0. The Hall–Kier alpha value is -1.55. The molecule has 3 aliphatic rings. The van der Waals surface area contributed by atoms with Crippen molar-refractivity contribution in [2.45, 2.75) is 70.3 Å². The topological polar surface area (TPSA) is 61.4 Å². The number of hydrogen-bond acceptors (Lipinski definition) is 3. The van der Waals surface area contributed by atoms with Crippen LogP contribution in [0, 0.1) is 17.3 Å². The molecule has 2 bridgehead atoms. The Balaban J connectivity index is 1.59. The third-order valence-electron chi connectivity index (χ3n) is 7.32. The van der Waals surface area contributed by atoms with Gasteiger partial charge in [0.1, 0.15) is 5.75 Å². The van der Waals surface area contributed by atoms with Gasteiger partial charge in [0, 0.05) is 11.5 Å². The van der Waals surface area contributed by atoms with Gasteiger partial charge in [-0.15, -0.1) is 0 Å². The van der Waals surface area contributed by atoms with Crippen molar-refractivity contribution in [2.75, 3.05) is 13.1 Å². The lowest BCUT2D eigenvalue weighted by Crippen LogP contribution is -2.54. The second-order valence-corrected chi connectivity index (χ2v) is 9.88. The van der Waals surface area contributed by atoms with Gasteiger partial charge >= 0.3 is 0 Å². The van der Waals surface area contributed by atoms with E-state index in [1.165, 1.54) is 18.4 Å². The second-order valence-electron chi connectivity index (χ2n) is 9.88. The summed E-state index contributed by atoms with van der Waals surface area (Å²) in [4.78, 5) is 13.4. The highest BCUT2D eigenvalue weighted by molar-refractivity contribution is 5.83. The Bertz CT molecular complexity index is 678. The molecule has 1 heterocycles. The normalized spacial score (nSPS) is 37.0. The monoisotopic (exact) mass is 370 g/mol. The van der Waals surface area contributed by atoms with Crippen LogP contribution in [-0.4, -0.2) is 30.1 Å². The molecule has 4 heteroatoms. The number of aromatic hydroxyl groups is 1. The zero-order chi connectivity index (χ0) is 19.1. The van der Waals surface area contributed by atoms with Crippen molar-refractivity contribution in [1.82, 2.24) is 10.6 Å². The van der Waals surface area contributed by atoms with Crippen LogP contribution in [0.25, 0.3) is 0 Å². The summed E-state index contributed by atoms with van der Waals surface area (Å²) >= 11 is 0. The fourth-order valence-electron chi connectivity index (χ4n) is 6.45. The second kappa shape index (κ2) is 7.12.